The highest BCUT2D eigenvalue weighted by Gasteiger charge is 2.31. The zero-order valence-electron chi connectivity index (χ0n) is 10.7. The quantitative estimate of drug-likeness (QED) is 0.747. The van der Waals surface area contributed by atoms with E-state index in [1.807, 2.05) is 11.8 Å². The Labute approximate surface area is 106 Å². The van der Waals surface area contributed by atoms with Gasteiger partial charge in [-0.25, -0.2) is 0 Å². The number of carbonyl (C=O) groups is 1. The molecule has 1 amide bonds. The average molecular weight is 253 g/mol. The van der Waals surface area contributed by atoms with E-state index in [9.17, 15) is 4.79 Å². The van der Waals surface area contributed by atoms with Gasteiger partial charge in [0.1, 0.15) is 6.04 Å². The topological polar surface area (TPSA) is 85.4 Å². The first-order chi connectivity index (χ1) is 8.63. The summed E-state index contributed by atoms with van der Waals surface area (Å²) in [6, 6.07) is -0.365. The zero-order valence-corrected chi connectivity index (χ0v) is 10.7. The maximum Gasteiger partial charge on any atom is 0.245 e. The van der Waals surface area contributed by atoms with Crippen molar-refractivity contribution in [2.45, 2.75) is 13.0 Å². The van der Waals surface area contributed by atoms with Gasteiger partial charge in [-0.1, -0.05) is 0 Å². The third-order valence-corrected chi connectivity index (χ3v) is 2.89. The van der Waals surface area contributed by atoms with Crippen LogP contribution >= 0.6 is 0 Å². The van der Waals surface area contributed by atoms with Crippen LogP contribution in [0.15, 0.2) is 6.20 Å². The Morgan fingerprint density at radius 3 is 3.11 bits per heavy atom. The lowest BCUT2D eigenvalue weighted by molar-refractivity contribution is -0.124. The molecule has 7 heteroatoms. The molecule has 1 aromatic rings. The first-order valence-corrected chi connectivity index (χ1v) is 6.04. The number of nitrogens with two attached hydrogens (primary N) is 1. The van der Waals surface area contributed by atoms with Gasteiger partial charge in [0.05, 0.1) is 18.9 Å². The monoisotopic (exact) mass is 253 g/mol. The Kier molecular flexibility index (Phi) is 3.71. The first-order valence-electron chi connectivity index (χ1n) is 6.04. The van der Waals surface area contributed by atoms with Gasteiger partial charge in [-0.2, -0.15) is 5.10 Å². The Morgan fingerprint density at radius 1 is 1.72 bits per heavy atom. The van der Waals surface area contributed by atoms with Crippen molar-refractivity contribution in [1.82, 2.24) is 15.1 Å². The predicted molar refractivity (Wildman–Crippen MR) is 68.3 cm³/mol. The lowest BCUT2D eigenvalue weighted by Gasteiger charge is -2.34. The van der Waals surface area contributed by atoms with Crippen LogP contribution in [0.25, 0.3) is 0 Å². The first kappa shape index (κ1) is 12.7. The van der Waals surface area contributed by atoms with E-state index in [0.29, 0.717) is 37.8 Å². The van der Waals surface area contributed by atoms with E-state index in [1.165, 1.54) is 0 Å². The smallest absolute Gasteiger partial charge is 0.245 e. The molecule has 0 aromatic carbocycles. The molecule has 1 fully saturated rings. The summed E-state index contributed by atoms with van der Waals surface area (Å²) in [7, 11) is 1.81. The normalized spacial score (nSPS) is 19.9. The maximum absolute atomic E-state index is 12.0. The lowest BCUT2D eigenvalue weighted by Crippen LogP contribution is -2.54. The van der Waals surface area contributed by atoms with Crippen molar-refractivity contribution in [3.8, 4) is 0 Å². The van der Waals surface area contributed by atoms with Gasteiger partial charge in [0.15, 0.2) is 5.82 Å². The highest BCUT2D eigenvalue weighted by atomic mass is 16.5. The Morgan fingerprint density at radius 2 is 2.50 bits per heavy atom. The van der Waals surface area contributed by atoms with Crippen LogP contribution in [-0.4, -0.2) is 48.0 Å². The van der Waals surface area contributed by atoms with Crippen molar-refractivity contribution in [3.05, 3.63) is 6.20 Å². The van der Waals surface area contributed by atoms with Gasteiger partial charge in [-0.15, -0.1) is 0 Å². The molecule has 0 saturated carbocycles. The minimum absolute atomic E-state index is 0.0535. The molecule has 0 spiro atoms. The van der Waals surface area contributed by atoms with E-state index < -0.39 is 0 Å². The molecule has 3 N–H and O–H groups in total. The lowest BCUT2D eigenvalue weighted by atomic mass is 10.2. The molecule has 0 bridgehead atoms. The van der Waals surface area contributed by atoms with Crippen molar-refractivity contribution < 1.29 is 9.53 Å². The number of aryl methyl sites for hydroxylation is 1. The molecule has 1 atom stereocenters. The number of nitrogens with zero attached hydrogens (tertiary/aromatic N) is 3. The highest BCUT2D eigenvalue weighted by molar-refractivity contribution is 5.86. The van der Waals surface area contributed by atoms with Gasteiger partial charge in [-0.3, -0.25) is 9.48 Å². The molecule has 1 saturated heterocycles. The number of hydrogen-bond donors (Lipinski definition) is 2. The zero-order chi connectivity index (χ0) is 13.1. The van der Waals surface area contributed by atoms with Crippen LogP contribution in [0.4, 0.5) is 11.5 Å². The summed E-state index contributed by atoms with van der Waals surface area (Å²) >= 11 is 0. The van der Waals surface area contributed by atoms with E-state index >= 15 is 0 Å². The molecule has 100 valence electrons. The molecule has 7 nitrogen and oxygen atoms in total. The van der Waals surface area contributed by atoms with Crippen molar-refractivity contribution in [3.63, 3.8) is 0 Å². The fraction of sp³-hybridized carbons (Fsp3) is 0.636. The number of rotatable bonds is 3. The summed E-state index contributed by atoms with van der Waals surface area (Å²) in [6.45, 7) is 4.04. The summed E-state index contributed by atoms with van der Waals surface area (Å²) in [5.41, 5.74) is 6.49. The molecule has 1 unspecified atom stereocenters. The number of aromatic nitrogens is 2. The van der Waals surface area contributed by atoms with Crippen LogP contribution in [0.2, 0.25) is 0 Å². The Hall–Kier alpha value is -1.76. The number of morpholine rings is 1. The molecule has 2 rings (SSSR count). The van der Waals surface area contributed by atoms with Crippen LogP contribution in [0.3, 0.4) is 0 Å². The molecular weight excluding hydrogens is 234 g/mol. The van der Waals surface area contributed by atoms with E-state index in [2.05, 4.69) is 10.4 Å². The number of hydrogen-bond acceptors (Lipinski definition) is 5. The number of nitrogens with one attached hydrogen (secondary N) is 1. The summed E-state index contributed by atoms with van der Waals surface area (Å²) in [5, 5.41) is 7.11. The highest BCUT2D eigenvalue weighted by Crippen LogP contribution is 2.24. The Balaban J connectivity index is 2.22. The molecule has 1 aliphatic rings. The number of nitrogen functional groups attached to an aromatic ring is 1. The fourth-order valence-electron chi connectivity index (χ4n) is 2.08. The van der Waals surface area contributed by atoms with E-state index in [-0.39, 0.29) is 11.9 Å². The van der Waals surface area contributed by atoms with Crippen LogP contribution in [0, 0.1) is 0 Å². The van der Waals surface area contributed by atoms with Crippen LogP contribution in [-0.2, 0) is 16.6 Å². The third-order valence-electron chi connectivity index (χ3n) is 2.89. The largest absolute Gasteiger partial charge is 0.394 e. The van der Waals surface area contributed by atoms with Crippen molar-refractivity contribution in [2.75, 3.05) is 36.9 Å². The molecular formula is C11H19N5O2. The summed E-state index contributed by atoms with van der Waals surface area (Å²) in [4.78, 5) is 13.9. The molecule has 18 heavy (non-hydrogen) atoms. The van der Waals surface area contributed by atoms with Crippen LogP contribution < -0.4 is 16.0 Å². The minimum Gasteiger partial charge on any atom is -0.394 e. The van der Waals surface area contributed by atoms with Crippen molar-refractivity contribution in [2.24, 2.45) is 7.05 Å². The number of carbonyl (C=O) groups excluding carboxylic acids is 1. The van der Waals surface area contributed by atoms with E-state index in [4.69, 9.17) is 10.5 Å². The maximum atomic E-state index is 12.0. The third kappa shape index (κ3) is 2.40. The number of likely N-dealkylation sites (N-methyl/N-ethyl adjacent to an activating group) is 1. The van der Waals surface area contributed by atoms with E-state index in [0.717, 1.165) is 0 Å². The molecule has 1 aliphatic heterocycles. The number of anilines is 2. The van der Waals surface area contributed by atoms with Crippen LogP contribution in [0.5, 0.6) is 0 Å². The van der Waals surface area contributed by atoms with Crippen molar-refractivity contribution in [1.29, 1.82) is 0 Å². The number of ether oxygens (including phenoxy) is 1. The standard InChI is InChI=1S/C11H19N5O2/c1-3-13-11(17)9-7-18-5-4-16(9)10-8(12)6-15(2)14-10/h6,9H,3-5,7,12H2,1-2H3,(H,13,17). The van der Waals surface area contributed by atoms with Crippen LogP contribution in [0.1, 0.15) is 6.92 Å². The molecule has 0 radical (unpaired) electrons. The second-order valence-corrected chi connectivity index (χ2v) is 4.26. The molecule has 1 aromatic heterocycles. The van der Waals surface area contributed by atoms with Gasteiger partial charge in [0.2, 0.25) is 5.91 Å². The molecule has 0 aliphatic carbocycles. The average Bonchev–Trinajstić information content (AvgIpc) is 2.69. The van der Waals surface area contributed by atoms with Gasteiger partial charge in [-0.05, 0) is 6.92 Å². The second kappa shape index (κ2) is 5.26. The SMILES string of the molecule is CCNC(=O)C1COCCN1c1nn(C)cc1N. The molecule has 2 heterocycles. The van der Waals surface area contributed by atoms with Gasteiger partial charge in [0, 0.05) is 26.3 Å². The predicted octanol–water partition coefficient (Wildman–Crippen LogP) is -0.656. The van der Waals surface area contributed by atoms with Gasteiger partial charge < -0.3 is 20.7 Å². The summed E-state index contributed by atoms with van der Waals surface area (Å²) < 4.78 is 7.02. The van der Waals surface area contributed by atoms with E-state index in [1.54, 1.807) is 17.9 Å². The van der Waals surface area contributed by atoms with Crippen molar-refractivity contribution >= 4 is 17.4 Å². The minimum atomic E-state index is -0.365. The Bertz CT molecular complexity index is 431. The summed E-state index contributed by atoms with van der Waals surface area (Å²) in [6.07, 6.45) is 1.74. The second-order valence-electron chi connectivity index (χ2n) is 4.26. The summed E-state index contributed by atoms with van der Waals surface area (Å²) in [5.74, 6) is 0.597. The number of amides is 1. The van der Waals surface area contributed by atoms with Gasteiger partial charge >= 0.3 is 0 Å². The van der Waals surface area contributed by atoms with Gasteiger partial charge in [0.25, 0.3) is 0 Å². The fourth-order valence-corrected chi connectivity index (χ4v) is 2.08.